The minimum Gasteiger partial charge on any atom is -0.418 e. The van der Waals surface area contributed by atoms with Gasteiger partial charge in [0.05, 0.1) is 0 Å². The molecule has 0 atom stereocenters. The van der Waals surface area contributed by atoms with Crippen molar-refractivity contribution in [3.05, 3.63) is 121 Å². The number of hydrogen-bond acceptors (Lipinski definition) is 0. The Balaban J connectivity index is 0.000000548. The van der Waals surface area contributed by atoms with Crippen LogP contribution < -0.4 is 21.2 Å². The second-order valence-electron chi connectivity index (χ2n) is 7.01. The summed E-state index contributed by atoms with van der Waals surface area (Å²) in [6.07, 6.45) is 0. The molecule has 6 heteroatoms. The molecule has 0 radical (unpaired) electrons. The van der Waals surface area contributed by atoms with E-state index in [0.717, 1.165) is 0 Å². The van der Waals surface area contributed by atoms with Crippen molar-refractivity contribution >= 4 is 35.7 Å². The van der Waals surface area contributed by atoms with Gasteiger partial charge in [0.25, 0.3) is 0 Å². The Morgan fingerprint density at radius 2 is 0.742 bits per heavy atom. The van der Waals surface area contributed by atoms with Gasteiger partial charge in [-0.1, -0.05) is 72.3 Å². The highest BCUT2D eigenvalue weighted by atomic mass is 31.2. The molecule has 0 saturated carbocycles. The van der Waals surface area contributed by atoms with Gasteiger partial charge in [-0.05, 0) is 55.5 Å². The second kappa shape index (κ2) is 9.93. The van der Waals surface area contributed by atoms with E-state index in [-0.39, 0.29) is 1.43 Å². The van der Waals surface area contributed by atoms with Gasteiger partial charge in [-0.2, -0.15) is 0 Å². The average molecular weight is 441 g/mol. The van der Waals surface area contributed by atoms with Gasteiger partial charge >= 0.3 is 8.68 Å². The standard InChI is InChI=1S/C25H22P.BF4/c1-21-17-19-25(20-18-21)26(22-11-5-2-6-12-22,23-13-7-3-8-14-23)24-15-9-4-10-16-24;2-1(3,4)5/h2-20H,1H3;/q+1;-1/p+1. The van der Waals surface area contributed by atoms with E-state index >= 15 is 0 Å². The van der Waals surface area contributed by atoms with Crippen LogP contribution in [0.25, 0.3) is 0 Å². The average Bonchev–Trinajstić information content (AvgIpc) is 2.77. The maximum absolute atomic E-state index is 9.75. The lowest BCUT2D eigenvalue weighted by molar-refractivity contribution is 0.368. The highest BCUT2D eigenvalue weighted by Crippen LogP contribution is 2.54. The summed E-state index contributed by atoms with van der Waals surface area (Å²) >= 11 is 0. The molecule has 31 heavy (non-hydrogen) atoms. The molecule has 0 aliphatic rings. The smallest absolute Gasteiger partial charge is 0.418 e. The van der Waals surface area contributed by atoms with Gasteiger partial charge in [0.15, 0.2) is 0 Å². The summed E-state index contributed by atoms with van der Waals surface area (Å²) in [6, 6.07) is 42.1. The summed E-state index contributed by atoms with van der Waals surface area (Å²) in [5.41, 5.74) is 1.29. The Morgan fingerprint density at radius 3 is 1.03 bits per heavy atom. The van der Waals surface area contributed by atoms with Crippen molar-refractivity contribution in [1.29, 1.82) is 0 Å². The normalized spacial score (nSPS) is 11.4. The lowest BCUT2D eigenvalue weighted by Crippen LogP contribution is -2.38. The molecule has 0 nitrogen and oxygen atoms in total. The maximum Gasteiger partial charge on any atom is 1.00 e. The highest BCUT2D eigenvalue weighted by molar-refractivity contribution is 8.01. The first-order valence-corrected chi connectivity index (χ1v) is 11.6. The fourth-order valence-corrected chi connectivity index (χ4v) is 7.86. The molecule has 0 unspecified atom stereocenters. The molecule has 0 aromatic heterocycles. The minimum atomic E-state index is -6.00. The van der Waals surface area contributed by atoms with Crippen molar-refractivity contribution in [2.24, 2.45) is 0 Å². The quantitative estimate of drug-likeness (QED) is 0.206. The third kappa shape index (κ3) is 5.62. The van der Waals surface area contributed by atoms with E-state index in [9.17, 15) is 17.3 Å². The topological polar surface area (TPSA) is 0 Å². The van der Waals surface area contributed by atoms with Crippen LogP contribution in [-0.2, 0) is 0 Å². The summed E-state index contributed by atoms with van der Waals surface area (Å²) in [5.74, 6) is 0. The van der Waals surface area contributed by atoms with Gasteiger partial charge < -0.3 is 17.3 Å². The van der Waals surface area contributed by atoms with Crippen molar-refractivity contribution in [2.75, 3.05) is 0 Å². The Morgan fingerprint density at radius 1 is 0.484 bits per heavy atom. The lowest BCUT2D eigenvalue weighted by Gasteiger charge is -2.27. The number of aryl methyl sites for hydroxylation is 1. The van der Waals surface area contributed by atoms with E-state index in [1.807, 2.05) is 0 Å². The SMILES string of the molecule is Cc1ccc([P+](c2ccccc2)(c2ccccc2)c2ccccc2)cc1.F[B-](F)(F)F.[H+]. The molecular weight excluding hydrogens is 418 g/mol. The molecule has 0 aliphatic heterocycles. The molecule has 0 aliphatic carbocycles. The van der Waals surface area contributed by atoms with Crippen LogP contribution >= 0.6 is 7.26 Å². The van der Waals surface area contributed by atoms with Crippen molar-refractivity contribution < 1.29 is 18.7 Å². The van der Waals surface area contributed by atoms with E-state index in [2.05, 4.69) is 122 Å². The van der Waals surface area contributed by atoms with Gasteiger partial charge in [-0.25, -0.2) is 0 Å². The lowest BCUT2D eigenvalue weighted by atomic mass is 10.2. The maximum atomic E-state index is 9.75. The summed E-state index contributed by atoms with van der Waals surface area (Å²) < 4.78 is 39.0. The molecule has 0 bridgehead atoms. The fourth-order valence-electron chi connectivity index (χ4n) is 3.62. The van der Waals surface area contributed by atoms with Gasteiger partial charge in [-0.15, -0.1) is 0 Å². The second-order valence-corrected chi connectivity index (χ2v) is 10.4. The van der Waals surface area contributed by atoms with Crippen LogP contribution in [0.4, 0.5) is 17.3 Å². The first-order chi connectivity index (χ1) is 14.8. The Labute approximate surface area is 182 Å². The number of hydrogen-bond donors (Lipinski definition) is 0. The van der Waals surface area contributed by atoms with Crippen LogP contribution in [0.2, 0.25) is 0 Å². The molecule has 0 spiro atoms. The van der Waals surface area contributed by atoms with Crippen LogP contribution in [0, 0.1) is 6.92 Å². The van der Waals surface area contributed by atoms with E-state index in [0.29, 0.717) is 0 Å². The van der Waals surface area contributed by atoms with Crippen molar-refractivity contribution in [1.82, 2.24) is 0 Å². The summed E-state index contributed by atoms with van der Waals surface area (Å²) in [4.78, 5) is 0. The van der Waals surface area contributed by atoms with E-state index < -0.39 is 14.5 Å². The molecule has 0 N–H and O–H groups in total. The molecule has 4 aromatic rings. The molecular formula is C25H23BF4P+. The number of halogens is 4. The Hall–Kier alpha value is -2.91. The number of benzene rings is 4. The van der Waals surface area contributed by atoms with Gasteiger partial charge in [-0.3, -0.25) is 0 Å². The molecule has 4 aromatic carbocycles. The fraction of sp³-hybridized carbons (Fsp3) is 0.0400. The zero-order chi connectivity index (χ0) is 22.3. The Bertz CT molecular complexity index is 971. The summed E-state index contributed by atoms with van der Waals surface area (Å²) in [6.45, 7) is 2.15. The largest absolute Gasteiger partial charge is 1.00 e. The first-order valence-electron chi connectivity index (χ1n) is 9.82. The van der Waals surface area contributed by atoms with Crippen molar-refractivity contribution in [2.45, 2.75) is 6.92 Å². The van der Waals surface area contributed by atoms with Gasteiger partial charge in [0, 0.05) is 0 Å². The molecule has 158 valence electrons. The minimum absolute atomic E-state index is 0. The summed E-state index contributed by atoms with van der Waals surface area (Å²) in [7, 11) is -7.93. The van der Waals surface area contributed by atoms with Crippen LogP contribution in [0.3, 0.4) is 0 Å². The third-order valence-corrected chi connectivity index (χ3v) is 9.14. The predicted octanol–water partition coefficient (Wildman–Crippen LogP) is 6.03. The van der Waals surface area contributed by atoms with Crippen LogP contribution in [0.1, 0.15) is 6.99 Å². The first kappa shape index (κ1) is 22.8. The molecule has 0 heterocycles. The highest BCUT2D eigenvalue weighted by Gasteiger charge is 2.47. The van der Waals surface area contributed by atoms with Gasteiger partial charge in [0.1, 0.15) is 28.5 Å². The third-order valence-electron chi connectivity index (χ3n) is 4.85. The monoisotopic (exact) mass is 441 g/mol. The number of rotatable bonds is 4. The van der Waals surface area contributed by atoms with E-state index in [4.69, 9.17) is 0 Å². The van der Waals surface area contributed by atoms with E-state index in [1.54, 1.807) is 0 Å². The van der Waals surface area contributed by atoms with E-state index in [1.165, 1.54) is 26.8 Å². The van der Waals surface area contributed by atoms with Crippen LogP contribution in [0.5, 0.6) is 0 Å². The zero-order valence-electron chi connectivity index (χ0n) is 18.0. The van der Waals surface area contributed by atoms with Crippen LogP contribution in [-0.4, -0.2) is 7.25 Å². The van der Waals surface area contributed by atoms with Crippen molar-refractivity contribution in [3.8, 4) is 0 Å². The summed E-state index contributed by atoms with van der Waals surface area (Å²) in [5, 5.41) is 5.57. The van der Waals surface area contributed by atoms with Crippen LogP contribution in [0.15, 0.2) is 115 Å². The zero-order valence-corrected chi connectivity index (χ0v) is 17.9. The molecule has 0 saturated heterocycles. The molecule has 0 fully saturated rings. The molecule has 4 rings (SSSR count). The Kier molecular flexibility index (Phi) is 7.30. The van der Waals surface area contributed by atoms with Gasteiger partial charge in [0.2, 0.25) is 0 Å². The predicted molar refractivity (Wildman–Crippen MR) is 127 cm³/mol. The molecule has 0 amide bonds. The van der Waals surface area contributed by atoms with Crippen molar-refractivity contribution in [3.63, 3.8) is 0 Å².